The van der Waals surface area contributed by atoms with Crippen molar-refractivity contribution in [1.29, 1.82) is 0 Å². The first-order valence-corrected chi connectivity index (χ1v) is 8.06. The Labute approximate surface area is 148 Å². The third-order valence-corrected chi connectivity index (χ3v) is 4.04. The van der Waals surface area contributed by atoms with E-state index in [0.717, 1.165) is 34.8 Å². The lowest BCUT2D eigenvalue weighted by molar-refractivity contribution is -0.137. The molecule has 0 saturated heterocycles. The van der Waals surface area contributed by atoms with Gasteiger partial charge in [-0.05, 0) is 36.4 Å². The highest BCUT2D eigenvalue weighted by Gasteiger charge is 2.29. The number of benzene rings is 2. The Kier molecular flexibility index (Phi) is 4.99. The Hall–Kier alpha value is -2.80. The summed E-state index contributed by atoms with van der Waals surface area (Å²) in [5, 5.41) is 16.7. The number of aryl methyl sites for hydroxylation is 1. The van der Waals surface area contributed by atoms with Crippen LogP contribution in [0.1, 0.15) is 11.3 Å². The summed E-state index contributed by atoms with van der Waals surface area (Å²) < 4.78 is 39.8. The van der Waals surface area contributed by atoms with Crippen molar-refractivity contribution >= 4 is 11.4 Å². The molecule has 7 heteroatoms. The van der Waals surface area contributed by atoms with Crippen LogP contribution in [-0.2, 0) is 19.6 Å². The molecule has 2 N–H and O–H groups in total. The third-order valence-electron chi connectivity index (χ3n) is 4.04. The van der Waals surface area contributed by atoms with E-state index in [1.165, 1.54) is 12.1 Å². The molecule has 0 spiro atoms. The minimum atomic E-state index is -4.35. The molecule has 3 rings (SSSR count). The molecule has 0 aliphatic heterocycles. The Morgan fingerprint density at radius 2 is 1.77 bits per heavy atom. The molecule has 1 aromatic heterocycles. The Morgan fingerprint density at radius 1 is 1.08 bits per heavy atom. The highest BCUT2D eigenvalue weighted by atomic mass is 19.4. The first-order chi connectivity index (χ1) is 12.4. The number of hydrogen-bond acceptors (Lipinski definition) is 3. The van der Waals surface area contributed by atoms with Crippen LogP contribution >= 0.6 is 0 Å². The third kappa shape index (κ3) is 3.88. The molecule has 0 fully saturated rings. The molecule has 0 aliphatic carbocycles. The zero-order valence-electron chi connectivity index (χ0n) is 14.1. The van der Waals surface area contributed by atoms with Gasteiger partial charge < -0.3 is 10.4 Å². The van der Waals surface area contributed by atoms with E-state index in [1.54, 1.807) is 11.7 Å². The van der Waals surface area contributed by atoms with E-state index in [9.17, 15) is 13.2 Å². The molecule has 0 atom stereocenters. The SMILES string of the molecule is Cn1nc(-c2ccccc2Nc2ccc(C(F)(F)F)cc2)cc1CCO. The van der Waals surface area contributed by atoms with Crippen molar-refractivity contribution in [2.75, 3.05) is 11.9 Å². The highest BCUT2D eigenvalue weighted by Crippen LogP contribution is 2.32. The van der Waals surface area contributed by atoms with E-state index in [1.807, 2.05) is 30.3 Å². The van der Waals surface area contributed by atoms with Crippen LogP contribution in [0.3, 0.4) is 0 Å². The fourth-order valence-electron chi connectivity index (χ4n) is 2.70. The maximum Gasteiger partial charge on any atom is 0.416 e. The van der Waals surface area contributed by atoms with Gasteiger partial charge in [0, 0.05) is 42.7 Å². The molecule has 0 amide bonds. The second kappa shape index (κ2) is 7.21. The molecule has 1 heterocycles. The lowest BCUT2D eigenvalue weighted by Gasteiger charge is -2.12. The van der Waals surface area contributed by atoms with Crippen LogP contribution in [0.4, 0.5) is 24.5 Å². The first kappa shape index (κ1) is 18.0. The molecule has 3 aromatic rings. The van der Waals surface area contributed by atoms with Crippen molar-refractivity contribution in [3.63, 3.8) is 0 Å². The van der Waals surface area contributed by atoms with E-state index < -0.39 is 11.7 Å². The molecule has 0 radical (unpaired) electrons. The number of anilines is 2. The molecule has 0 saturated carbocycles. The maximum absolute atomic E-state index is 12.7. The van der Waals surface area contributed by atoms with E-state index in [-0.39, 0.29) is 6.61 Å². The fourth-order valence-corrected chi connectivity index (χ4v) is 2.70. The van der Waals surface area contributed by atoms with Crippen molar-refractivity contribution in [2.45, 2.75) is 12.6 Å². The fraction of sp³-hybridized carbons (Fsp3) is 0.211. The van der Waals surface area contributed by atoms with Crippen LogP contribution < -0.4 is 5.32 Å². The molecule has 4 nitrogen and oxygen atoms in total. The minimum Gasteiger partial charge on any atom is -0.396 e. The molecule has 136 valence electrons. The Bertz CT molecular complexity index is 886. The summed E-state index contributed by atoms with van der Waals surface area (Å²) in [6.07, 6.45) is -3.86. The number of nitrogens with one attached hydrogen (secondary N) is 1. The van der Waals surface area contributed by atoms with Gasteiger partial charge in [-0.1, -0.05) is 18.2 Å². The van der Waals surface area contributed by atoms with Gasteiger partial charge in [-0.3, -0.25) is 4.68 Å². The van der Waals surface area contributed by atoms with Gasteiger partial charge in [0.15, 0.2) is 0 Å². The largest absolute Gasteiger partial charge is 0.416 e. The number of halogens is 3. The monoisotopic (exact) mass is 361 g/mol. The molecule has 26 heavy (non-hydrogen) atoms. The van der Waals surface area contributed by atoms with Crippen molar-refractivity contribution in [3.05, 3.63) is 65.9 Å². The van der Waals surface area contributed by atoms with Gasteiger partial charge in [0.05, 0.1) is 11.3 Å². The number of alkyl halides is 3. The van der Waals surface area contributed by atoms with Crippen LogP contribution in [0.2, 0.25) is 0 Å². The minimum absolute atomic E-state index is 0.0322. The van der Waals surface area contributed by atoms with Crippen molar-refractivity contribution in [2.24, 2.45) is 7.05 Å². The molecular weight excluding hydrogens is 343 g/mol. The summed E-state index contributed by atoms with van der Waals surface area (Å²) >= 11 is 0. The molecular formula is C19H18F3N3O. The smallest absolute Gasteiger partial charge is 0.396 e. The quantitative estimate of drug-likeness (QED) is 0.709. The summed E-state index contributed by atoms with van der Waals surface area (Å²) in [5.41, 5.74) is 3.05. The van der Waals surface area contributed by atoms with Gasteiger partial charge >= 0.3 is 6.18 Å². The van der Waals surface area contributed by atoms with E-state index >= 15 is 0 Å². The summed E-state index contributed by atoms with van der Waals surface area (Å²) in [5.74, 6) is 0. The predicted octanol–water partition coefficient (Wildman–Crippen LogP) is 4.38. The van der Waals surface area contributed by atoms with Gasteiger partial charge in [-0.25, -0.2) is 0 Å². The Morgan fingerprint density at radius 3 is 2.42 bits per heavy atom. The second-order valence-corrected chi connectivity index (χ2v) is 5.86. The van der Waals surface area contributed by atoms with Crippen LogP contribution in [0, 0.1) is 0 Å². The van der Waals surface area contributed by atoms with E-state index in [0.29, 0.717) is 12.1 Å². The van der Waals surface area contributed by atoms with Gasteiger partial charge in [0.1, 0.15) is 0 Å². The number of para-hydroxylation sites is 1. The van der Waals surface area contributed by atoms with E-state index in [4.69, 9.17) is 5.11 Å². The number of aromatic nitrogens is 2. The first-order valence-electron chi connectivity index (χ1n) is 8.06. The Balaban J connectivity index is 1.89. The number of hydrogen-bond donors (Lipinski definition) is 2. The number of aliphatic hydroxyl groups excluding tert-OH is 1. The topological polar surface area (TPSA) is 50.1 Å². The zero-order valence-corrected chi connectivity index (χ0v) is 14.1. The van der Waals surface area contributed by atoms with Crippen LogP contribution in [0.5, 0.6) is 0 Å². The van der Waals surface area contributed by atoms with Crippen molar-refractivity contribution in [3.8, 4) is 11.3 Å². The predicted molar refractivity (Wildman–Crippen MR) is 94.2 cm³/mol. The lowest BCUT2D eigenvalue weighted by Crippen LogP contribution is -2.04. The number of aliphatic hydroxyl groups is 1. The number of nitrogens with zero attached hydrogens (tertiary/aromatic N) is 2. The van der Waals surface area contributed by atoms with Gasteiger partial charge in [-0.15, -0.1) is 0 Å². The lowest BCUT2D eigenvalue weighted by atomic mass is 10.1. The normalized spacial score (nSPS) is 11.6. The number of rotatable bonds is 5. The van der Waals surface area contributed by atoms with Crippen LogP contribution in [-0.4, -0.2) is 21.5 Å². The summed E-state index contributed by atoms with van der Waals surface area (Å²) in [7, 11) is 1.81. The van der Waals surface area contributed by atoms with E-state index in [2.05, 4.69) is 10.4 Å². The molecule has 2 aromatic carbocycles. The summed E-state index contributed by atoms with van der Waals surface area (Å²) in [4.78, 5) is 0. The van der Waals surface area contributed by atoms with Crippen molar-refractivity contribution in [1.82, 2.24) is 9.78 Å². The van der Waals surface area contributed by atoms with Gasteiger partial charge in [-0.2, -0.15) is 18.3 Å². The molecule has 0 bridgehead atoms. The average Bonchev–Trinajstić information content (AvgIpc) is 2.96. The molecule has 0 unspecified atom stereocenters. The van der Waals surface area contributed by atoms with Crippen LogP contribution in [0.15, 0.2) is 54.6 Å². The second-order valence-electron chi connectivity index (χ2n) is 5.86. The zero-order chi connectivity index (χ0) is 18.7. The van der Waals surface area contributed by atoms with Gasteiger partial charge in [0.2, 0.25) is 0 Å². The maximum atomic E-state index is 12.7. The van der Waals surface area contributed by atoms with Crippen LogP contribution in [0.25, 0.3) is 11.3 Å². The summed E-state index contributed by atoms with van der Waals surface area (Å²) in [6.45, 7) is 0.0322. The average molecular weight is 361 g/mol. The highest BCUT2D eigenvalue weighted by molar-refractivity contribution is 5.79. The van der Waals surface area contributed by atoms with Gasteiger partial charge in [0.25, 0.3) is 0 Å². The molecule has 0 aliphatic rings. The standard InChI is InChI=1S/C19H18F3N3O/c1-25-15(10-11-26)12-18(24-25)16-4-2-3-5-17(16)23-14-8-6-13(7-9-14)19(20,21)22/h2-9,12,23,26H,10-11H2,1H3. The van der Waals surface area contributed by atoms with Crippen molar-refractivity contribution < 1.29 is 18.3 Å². The summed E-state index contributed by atoms with van der Waals surface area (Å²) in [6, 6.07) is 14.2.